The Balaban J connectivity index is 2.28. The molecule has 0 saturated carbocycles. The van der Waals surface area contributed by atoms with Crippen LogP contribution in [0, 0.1) is 6.92 Å². The first kappa shape index (κ1) is 7.70. The molecular formula is C7H11N3O2. The van der Waals surface area contributed by atoms with Crippen molar-refractivity contribution in [2.45, 2.75) is 18.9 Å². The molecular weight excluding hydrogens is 158 g/mol. The minimum atomic E-state index is -0.530. The standard InChI is InChI=1S/C7H11N3O2/c1-5-9-6(10-12-5)7(8)2-3-11-4-7/h2-4,8H2,1H3. The van der Waals surface area contributed by atoms with Crippen molar-refractivity contribution in [3.05, 3.63) is 11.7 Å². The van der Waals surface area contributed by atoms with Gasteiger partial charge in [0.15, 0.2) is 5.82 Å². The zero-order valence-corrected chi connectivity index (χ0v) is 6.91. The lowest BCUT2D eigenvalue weighted by Crippen LogP contribution is -2.38. The van der Waals surface area contributed by atoms with E-state index in [2.05, 4.69) is 10.1 Å². The Bertz CT molecular complexity index is 278. The summed E-state index contributed by atoms with van der Waals surface area (Å²) in [6.07, 6.45) is 0.756. The maximum absolute atomic E-state index is 5.98. The lowest BCUT2D eigenvalue weighted by atomic mass is 10.00. The van der Waals surface area contributed by atoms with Crippen molar-refractivity contribution in [2.24, 2.45) is 5.73 Å². The van der Waals surface area contributed by atoms with E-state index in [-0.39, 0.29) is 0 Å². The van der Waals surface area contributed by atoms with Crippen molar-refractivity contribution >= 4 is 0 Å². The first-order chi connectivity index (χ1) is 5.71. The smallest absolute Gasteiger partial charge is 0.223 e. The molecule has 0 radical (unpaired) electrons. The zero-order valence-electron chi connectivity index (χ0n) is 6.91. The van der Waals surface area contributed by atoms with Crippen LogP contribution in [0.15, 0.2) is 4.52 Å². The van der Waals surface area contributed by atoms with Crippen molar-refractivity contribution in [3.8, 4) is 0 Å². The first-order valence-corrected chi connectivity index (χ1v) is 3.88. The number of rotatable bonds is 1. The van der Waals surface area contributed by atoms with Gasteiger partial charge in [0.05, 0.1) is 6.61 Å². The molecule has 66 valence electrons. The minimum Gasteiger partial charge on any atom is -0.379 e. The second kappa shape index (κ2) is 2.53. The van der Waals surface area contributed by atoms with Gasteiger partial charge in [0.1, 0.15) is 5.54 Å². The summed E-state index contributed by atoms with van der Waals surface area (Å²) < 4.78 is 10.0. The first-order valence-electron chi connectivity index (χ1n) is 3.88. The summed E-state index contributed by atoms with van der Waals surface area (Å²) in [5.74, 6) is 1.10. The Morgan fingerprint density at radius 2 is 2.42 bits per heavy atom. The van der Waals surface area contributed by atoms with E-state index in [1.807, 2.05) is 0 Å². The van der Waals surface area contributed by atoms with Crippen LogP contribution in [-0.4, -0.2) is 23.4 Å². The topological polar surface area (TPSA) is 74.2 Å². The van der Waals surface area contributed by atoms with Gasteiger partial charge in [-0.1, -0.05) is 5.16 Å². The van der Waals surface area contributed by atoms with Gasteiger partial charge in [-0.25, -0.2) is 0 Å². The highest BCUT2D eigenvalue weighted by Crippen LogP contribution is 2.24. The molecule has 1 aromatic heterocycles. The number of aromatic nitrogens is 2. The van der Waals surface area contributed by atoms with Crippen LogP contribution in [0.3, 0.4) is 0 Å². The fraction of sp³-hybridized carbons (Fsp3) is 0.714. The largest absolute Gasteiger partial charge is 0.379 e. The number of hydrogen-bond acceptors (Lipinski definition) is 5. The summed E-state index contributed by atoms with van der Waals surface area (Å²) in [4.78, 5) is 4.08. The highest BCUT2D eigenvalue weighted by molar-refractivity contribution is 5.05. The number of nitrogens with zero attached hydrogens (tertiary/aromatic N) is 2. The molecule has 1 aliphatic heterocycles. The molecule has 1 aliphatic rings. The van der Waals surface area contributed by atoms with Gasteiger partial charge in [-0.05, 0) is 6.42 Å². The van der Waals surface area contributed by atoms with Crippen LogP contribution < -0.4 is 5.73 Å². The van der Waals surface area contributed by atoms with Gasteiger partial charge in [-0.3, -0.25) is 0 Å². The molecule has 5 heteroatoms. The van der Waals surface area contributed by atoms with E-state index in [0.717, 1.165) is 6.42 Å². The minimum absolute atomic E-state index is 0.478. The normalized spacial score (nSPS) is 29.5. The highest BCUT2D eigenvalue weighted by atomic mass is 16.5. The Hall–Kier alpha value is -0.940. The number of nitrogens with two attached hydrogens (primary N) is 1. The van der Waals surface area contributed by atoms with Gasteiger partial charge in [-0.15, -0.1) is 0 Å². The quantitative estimate of drug-likeness (QED) is 0.638. The molecule has 1 aromatic rings. The van der Waals surface area contributed by atoms with Crippen molar-refractivity contribution in [1.29, 1.82) is 0 Å². The van der Waals surface area contributed by atoms with Crippen LogP contribution in [0.25, 0.3) is 0 Å². The lowest BCUT2D eigenvalue weighted by molar-refractivity contribution is 0.175. The Morgan fingerprint density at radius 3 is 2.92 bits per heavy atom. The lowest BCUT2D eigenvalue weighted by Gasteiger charge is -2.15. The molecule has 2 heterocycles. The van der Waals surface area contributed by atoms with E-state index >= 15 is 0 Å². The van der Waals surface area contributed by atoms with E-state index in [0.29, 0.717) is 24.9 Å². The summed E-state index contributed by atoms with van der Waals surface area (Å²) in [6.45, 7) is 2.89. The maximum Gasteiger partial charge on any atom is 0.223 e. The summed E-state index contributed by atoms with van der Waals surface area (Å²) in [6, 6.07) is 0. The van der Waals surface area contributed by atoms with Gasteiger partial charge in [0.2, 0.25) is 5.89 Å². The molecule has 1 unspecified atom stereocenters. The molecule has 0 spiro atoms. The van der Waals surface area contributed by atoms with Gasteiger partial charge in [0.25, 0.3) is 0 Å². The molecule has 12 heavy (non-hydrogen) atoms. The zero-order chi connectivity index (χ0) is 8.60. The van der Waals surface area contributed by atoms with E-state index in [4.69, 9.17) is 15.0 Å². The van der Waals surface area contributed by atoms with E-state index in [9.17, 15) is 0 Å². The summed E-state index contributed by atoms with van der Waals surface area (Å²) in [7, 11) is 0. The average molecular weight is 169 g/mol. The molecule has 5 nitrogen and oxygen atoms in total. The third-order valence-corrected chi connectivity index (χ3v) is 2.03. The molecule has 1 fully saturated rings. The summed E-state index contributed by atoms with van der Waals surface area (Å²) in [5.41, 5.74) is 5.45. The predicted molar refractivity (Wildman–Crippen MR) is 40.3 cm³/mol. The molecule has 0 aliphatic carbocycles. The second-order valence-corrected chi connectivity index (χ2v) is 3.10. The Morgan fingerprint density at radius 1 is 1.58 bits per heavy atom. The molecule has 2 rings (SSSR count). The molecule has 0 aromatic carbocycles. The fourth-order valence-electron chi connectivity index (χ4n) is 1.26. The van der Waals surface area contributed by atoms with Crippen molar-refractivity contribution in [1.82, 2.24) is 10.1 Å². The maximum atomic E-state index is 5.98. The van der Waals surface area contributed by atoms with Gasteiger partial charge in [-0.2, -0.15) is 4.98 Å². The average Bonchev–Trinajstić information content (AvgIpc) is 2.59. The molecule has 0 bridgehead atoms. The van der Waals surface area contributed by atoms with E-state index in [1.54, 1.807) is 6.92 Å². The number of ether oxygens (including phenoxy) is 1. The molecule has 2 N–H and O–H groups in total. The SMILES string of the molecule is Cc1nc(C2(N)CCOC2)no1. The predicted octanol–water partition coefficient (Wildman–Crippen LogP) is -0.0477. The number of hydrogen-bond donors (Lipinski definition) is 1. The van der Waals surface area contributed by atoms with Crippen molar-refractivity contribution in [3.63, 3.8) is 0 Å². The van der Waals surface area contributed by atoms with Crippen molar-refractivity contribution in [2.75, 3.05) is 13.2 Å². The van der Waals surface area contributed by atoms with Crippen LogP contribution in [-0.2, 0) is 10.3 Å². The molecule has 1 atom stereocenters. The monoisotopic (exact) mass is 169 g/mol. The summed E-state index contributed by atoms with van der Waals surface area (Å²) >= 11 is 0. The molecule has 1 saturated heterocycles. The summed E-state index contributed by atoms with van der Waals surface area (Å²) in [5, 5.41) is 3.78. The van der Waals surface area contributed by atoms with Crippen LogP contribution >= 0.6 is 0 Å². The van der Waals surface area contributed by atoms with Gasteiger partial charge in [0, 0.05) is 13.5 Å². The highest BCUT2D eigenvalue weighted by Gasteiger charge is 2.36. The Kier molecular flexibility index (Phi) is 1.62. The van der Waals surface area contributed by atoms with Crippen LogP contribution in [0.4, 0.5) is 0 Å². The third kappa shape index (κ3) is 1.11. The van der Waals surface area contributed by atoms with Crippen LogP contribution in [0.5, 0.6) is 0 Å². The fourth-order valence-corrected chi connectivity index (χ4v) is 1.26. The third-order valence-electron chi connectivity index (χ3n) is 2.03. The van der Waals surface area contributed by atoms with Crippen LogP contribution in [0.2, 0.25) is 0 Å². The van der Waals surface area contributed by atoms with Gasteiger partial charge < -0.3 is 15.0 Å². The number of aryl methyl sites for hydroxylation is 1. The van der Waals surface area contributed by atoms with Gasteiger partial charge >= 0.3 is 0 Å². The Labute approximate surface area is 69.9 Å². The second-order valence-electron chi connectivity index (χ2n) is 3.10. The van der Waals surface area contributed by atoms with Crippen molar-refractivity contribution < 1.29 is 9.26 Å². The van der Waals surface area contributed by atoms with Crippen LogP contribution in [0.1, 0.15) is 18.1 Å². The van der Waals surface area contributed by atoms with E-state index in [1.165, 1.54) is 0 Å². The van der Waals surface area contributed by atoms with E-state index < -0.39 is 5.54 Å². The molecule has 0 amide bonds.